The van der Waals surface area contributed by atoms with Crippen LogP contribution in [0.1, 0.15) is 5.56 Å². The van der Waals surface area contributed by atoms with E-state index < -0.39 is 0 Å². The van der Waals surface area contributed by atoms with Crippen LogP contribution in [0, 0.1) is 11.3 Å². The maximum absolute atomic E-state index is 8.86. The third kappa shape index (κ3) is 2.84. The average molecular weight is 271 g/mol. The molecule has 0 saturated carbocycles. The second-order valence-corrected chi connectivity index (χ2v) is 4.53. The highest BCUT2D eigenvalue weighted by Gasteiger charge is 2.21. The lowest BCUT2D eigenvalue weighted by molar-refractivity contribution is 0.0764. The van der Waals surface area contributed by atoms with Crippen LogP contribution < -0.4 is 4.90 Å². The fraction of sp³-hybridized carbons (Fsp3) is 0.417. The summed E-state index contributed by atoms with van der Waals surface area (Å²) in [6.07, 6.45) is -0.382. The van der Waals surface area contributed by atoms with Crippen molar-refractivity contribution < 1.29 is 4.74 Å². The maximum atomic E-state index is 8.86. The number of nitrogens with zero attached hydrogens (tertiary/aromatic N) is 2. The molecule has 1 aromatic carbocycles. The summed E-state index contributed by atoms with van der Waals surface area (Å²) >= 11 is 12.0. The maximum Gasteiger partial charge on any atom is 0.161 e. The lowest BCUT2D eigenvalue weighted by Crippen LogP contribution is -2.42. The quantitative estimate of drug-likeness (QED) is 0.776. The second-order valence-electron chi connectivity index (χ2n) is 3.85. The number of hydrogen-bond donors (Lipinski definition) is 0. The van der Waals surface area contributed by atoms with Crippen molar-refractivity contribution >= 4 is 28.9 Å². The minimum atomic E-state index is -0.382. The van der Waals surface area contributed by atoms with E-state index in [1.165, 1.54) is 0 Å². The van der Waals surface area contributed by atoms with Gasteiger partial charge < -0.3 is 9.64 Å². The van der Waals surface area contributed by atoms with Crippen LogP contribution in [-0.4, -0.2) is 25.8 Å². The molecule has 3 nitrogen and oxygen atoms in total. The third-order valence-electron chi connectivity index (χ3n) is 2.72. The van der Waals surface area contributed by atoms with Crippen LogP contribution in [0.5, 0.6) is 0 Å². The predicted molar refractivity (Wildman–Crippen MR) is 68.6 cm³/mol. The SMILES string of the molecule is N#CC1CN(c2ccc(CCl)cc2Cl)CCO1. The van der Waals surface area contributed by atoms with Gasteiger partial charge in [0, 0.05) is 12.4 Å². The number of anilines is 1. The van der Waals surface area contributed by atoms with Crippen molar-refractivity contribution in [1.82, 2.24) is 0 Å². The van der Waals surface area contributed by atoms with Crippen molar-refractivity contribution in [2.75, 3.05) is 24.6 Å². The molecule has 1 unspecified atom stereocenters. The Morgan fingerprint density at radius 2 is 2.35 bits per heavy atom. The highest BCUT2D eigenvalue weighted by molar-refractivity contribution is 6.33. The van der Waals surface area contributed by atoms with Gasteiger partial charge in [-0.15, -0.1) is 11.6 Å². The Balaban J connectivity index is 2.19. The molecule has 1 saturated heterocycles. The summed E-state index contributed by atoms with van der Waals surface area (Å²) in [5, 5.41) is 9.52. The van der Waals surface area contributed by atoms with E-state index in [4.69, 9.17) is 33.2 Å². The van der Waals surface area contributed by atoms with E-state index in [0.717, 1.165) is 17.8 Å². The lowest BCUT2D eigenvalue weighted by Gasteiger charge is -2.32. The summed E-state index contributed by atoms with van der Waals surface area (Å²) in [5.41, 5.74) is 1.93. The van der Waals surface area contributed by atoms with E-state index in [9.17, 15) is 0 Å². The van der Waals surface area contributed by atoms with Gasteiger partial charge >= 0.3 is 0 Å². The minimum absolute atomic E-state index is 0.382. The summed E-state index contributed by atoms with van der Waals surface area (Å²) in [5.74, 6) is 0.448. The van der Waals surface area contributed by atoms with E-state index in [2.05, 4.69) is 11.0 Å². The zero-order valence-corrected chi connectivity index (χ0v) is 10.7. The van der Waals surface area contributed by atoms with Crippen LogP contribution in [0.25, 0.3) is 0 Å². The van der Waals surface area contributed by atoms with Crippen molar-refractivity contribution in [3.63, 3.8) is 0 Å². The van der Waals surface area contributed by atoms with Gasteiger partial charge in [-0.3, -0.25) is 0 Å². The number of hydrogen-bond acceptors (Lipinski definition) is 3. The van der Waals surface area contributed by atoms with Gasteiger partial charge in [0.2, 0.25) is 0 Å². The lowest BCUT2D eigenvalue weighted by atomic mass is 10.2. The number of benzene rings is 1. The molecule has 2 rings (SSSR count). The van der Waals surface area contributed by atoms with Gasteiger partial charge in [-0.25, -0.2) is 0 Å². The molecular formula is C12H12Cl2N2O. The van der Waals surface area contributed by atoms with Gasteiger partial charge in [0.1, 0.15) is 0 Å². The number of rotatable bonds is 2. The molecule has 0 aromatic heterocycles. The molecule has 5 heteroatoms. The number of nitriles is 1. The smallest absolute Gasteiger partial charge is 0.161 e. The molecule has 0 N–H and O–H groups in total. The first-order valence-corrected chi connectivity index (χ1v) is 6.26. The molecule has 0 aliphatic carbocycles. The van der Waals surface area contributed by atoms with Crippen molar-refractivity contribution in [2.24, 2.45) is 0 Å². The summed E-state index contributed by atoms with van der Waals surface area (Å²) < 4.78 is 5.30. The van der Waals surface area contributed by atoms with Gasteiger partial charge in [0.05, 0.1) is 29.9 Å². The Kier molecular flexibility index (Phi) is 4.11. The molecule has 0 spiro atoms. The molecule has 90 valence electrons. The normalized spacial score (nSPS) is 20.1. The molecule has 1 aliphatic heterocycles. The number of morpholine rings is 1. The Bertz CT molecular complexity index is 445. The van der Waals surface area contributed by atoms with Gasteiger partial charge in [-0.1, -0.05) is 17.7 Å². The van der Waals surface area contributed by atoms with Crippen LogP contribution >= 0.6 is 23.2 Å². The van der Waals surface area contributed by atoms with Crippen molar-refractivity contribution in [3.05, 3.63) is 28.8 Å². The molecule has 17 heavy (non-hydrogen) atoms. The summed E-state index contributed by atoms with van der Waals surface area (Å²) in [7, 11) is 0. The molecule has 1 aliphatic rings. The highest BCUT2D eigenvalue weighted by atomic mass is 35.5. The zero-order chi connectivity index (χ0) is 12.3. The van der Waals surface area contributed by atoms with E-state index in [0.29, 0.717) is 24.1 Å². The Morgan fingerprint density at radius 3 is 3.00 bits per heavy atom. The third-order valence-corrected chi connectivity index (χ3v) is 3.33. The van der Waals surface area contributed by atoms with Gasteiger partial charge in [0.25, 0.3) is 0 Å². The Hall–Kier alpha value is -0.950. The predicted octanol–water partition coefficient (Wildman–Crippen LogP) is 2.81. The first-order valence-electron chi connectivity index (χ1n) is 5.35. The standard InChI is InChI=1S/C12H12Cl2N2O/c13-6-9-1-2-12(11(14)5-9)16-3-4-17-10(7-15)8-16/h1-2,5,10H,3-4,6,8H2. The highest BCUT2D eigenvalue weighted by Crippen LogP contribution is 2.28. The van der Waals surface area contributed by atoms with E-state index in [1.807, 2.05) is 18.2 Å². The topological polar surface area (TPSA) is 36.3 Å². The van der Waals surface area contributed by atoms with Gasteiger partial charge in [0.15, 0.2) is 6.10 Å². The van der Waals surface area contributed by atoms with Gasteiger partial charge in [-0.2, -0.15) is 5.26 Å². The summed E-state index contributed by atoms with van der Waals surface area (Å²) in [6.45, 7) is 1.85. The number of ether oxygens (including phenoxy) is 1. The monoisotopic (exact) mass is 270 g/mol. The molecule has 0 bridgehead atoms. The summed E-state index contributed by atoms with van der Waals surface area (Å²) in [6, 6.07) is 7.87. The van der Waals surface area contributed by atoms with Crippen molar-refractivity contribution in [2.45, 2.75) is 12.0 Å². The fourth-order valence-corrected chi connectivity index (χ4v) is 2.33. The van der Waals surface area contributed by atoms with E-state index >= 15 is 0 Å². The van der Waals surface area contributed by atoms with Crippen molar-refractivity contribution in [3.8, 4) is 6.07 Å². The first-order chi connectivity index (χ1) is 8.24. The number of halogens is 2. The van der Waals surface area contributed by atoms with Crippen LogP contribution in [0.15, 0.2) is 18.2 Å². The van der Waals surface area contributed by atoms with Crippen LogP contribution in [-0.2, 0) is 10.6 Å². The summed E-state index contributed by atoms with van der Waals surface area (Å²) in [4.78, 5) is 2.07. The largest absolute Gasteiger partial charge is 0.364 e. The fourth-order valence-electron chi connectivity index (χ4n) is 1.84. The molecule has 1 atom stereocenters. The van der Waals surface area contributed by atoms with E-state index in [1.54, 1.807) is 0 Å². The molecule has 0 radical (unpaired) electrons. The zero-order valence-electron chi connectivity index (χ0n) is 9.20. The van der Waals surface area contributed by atoms with Gasteiger partial charge in [-0.05, 0) is 17.7 Å². The van der Waals surface area contributed by atoms with Crippen LogP contribution in [0.4, 0.5) is 5.69 Å². The van der Waals surface area contributed by atoms with Crippen LogP contribution in [0.2, 0.25) is 5.02 Å². The Morgan fingerprint density at radius 1 is 1.53 bits per heavy atom. The van der Waals surface area contributed by atoms with Crippen molar-refractivity contribution in [1.29, 1.82) is 5.26 Å². The number of alkyl halides is 1. The molecule has 1 fully saturated rings. The Labute approximate surface area is 110 Å². The molecule has 1 heterocycles. The molecule has 1 aromatic rings. The average Bonchev–Trinajstić information content (AvgIpc) is 2.38. The van der Waals surface area contributed by atoms with E-state index in [-0.39, 0.29) is 6.10 Å². The first kappa shape index (κ1) is 12.5. The molecule has 0 amide bonds. The minimum Gasteiger partial charge on any atom is -0.364 e. The second kappa shape index (κ2) is 5.59. The van der Waals surface area contributed by atoms with Crippen LogP contribution in [0.3, 0.4) is 0 Å². The molecular weight excluding hydrogens is 259 g/mol.